The molecule has 0 spiro atoms. The van der Waals surface area contributed by atoms with E-state index in [1.165, 1.54) is 38.5 Å². The van der Waals surface area contributed by atoms with E-state index in [1.807, 2.05) is 18.2 Å². The van der Waals surface area contributed by atoms with Crippen LogP contribution in [0.5, 0.6) is 0 Å². The number of carboxylic acids is 1. The van der Waals surface area contributed by atoms with Crippen LogP contribution in [-0.2, 0) is 11.2 Å². The summed E-state index contributed by atoms with van der Waals surface area (Å²) in [7, 11) is 0. The third-order valence-electron chi connectivity index (χ3n) is 7.49. The van der Waals surface area contributed by atoms with Crippen molar-refractivity contribution in [1.29, 1.82) is 0 Å². The highest BCUT2D eigenvalue weighted by Gasteiger charge is 2.55. The summed E-state index contributed by atoms with van der Waals surface area (Å²) in [6.07, 6.45) is 9.77. The number of aliphatic carboxylic acids is 1. The van der Waals surface area contributed by atoms with Crippen molar-refractivity contribution in [3.63, 3.8) is 0 Å². The van der Waals surface area contributed by atoms with Crippen LogP contribution in [0, 0.1) is 23.2 Å². The summed E-state index contributed by atoms with van der Waals surface area (Å²) in [6, 6.07) is 5.69. The lowest BCUT2D eigenvalue weighted by molar-refractivity contribution is -0.136. The van der Waals surface area contributed by atoms with E-state index in [-0.39, 0.29) is 12.3 Å². The largest absolute Gasteiger partial charge is 0.481 e. The van der Waals surface area contributed by atoms with Crippen molar-refractivity contribution in [3.05, 3.63) is 34.3 Å². The van der Waals surface area contributed by atoms with Gasteiger partial charge in [0.15, 0.2) is 0 Å². The molecule has 0 aliphatic heterocycles. The van der Waals surface area contributed by atoms with E-state index in [0.717, 1.165) is 49.2 Å². The van der Waals surface area contributed by atoms with Gasteiger partial charge in [-0.25, -0.2) is 0 Å². The zero-order chi connectivity index (χ0) is 21.1. The van der Waals surface area contributed by atoms with Crippen molar-refractivity contribution in [1.82, 2.24) is 10.6 Å². The number of rotatable bonds is 10. The summed E-state index contributed by atoms with van der Waals surface area (Å²) < 4.78 is 0. The zero-order valence-electron chi connectivity index (χ0n) is 17.6. The maximum absolute atomic E-state index is 12.9. The molecule has 3 saturated carbocycles. The molecule has 0 aromatic heterocycles. The monoisotopic (exact) mass is 432 g/mol. The van der Waals surface area contributed by atoms with Gasteiger partial charge in [-0.1, -0.05) is 30.5 Å². The van der Waals surface area contributed by atoms with E-state index < -0.39 is 5.97 Å². The molecule has 1 aromatic rings. The fourth-order valence-corrected chi connectivity index (χ4v) is 6.13. The fraction of sp³-hybridized carbons (Fsp3) is 0.667. The number of carboxylic acid groups (broad SMARTS) is 1. The Morgan fingerprint density at radius 3 is 2.87 bits per heavy atom. The van der Waals surface area contributed by atoms with Gasteiger partial charge in [0.1, 0.15) is 0 Å². The van der Waals surface area contributed by atoms with Crippen LogP contribution in [0.2, 0.25) is 5.02 Å². The molecule has 164 valence electrons. The molecule has 3 aliphatic carbocycles. The average molecular weight is 433 g/mol. The number of amides is 1. The molecular weight excluding hydrogens is 400 g/mol. The minimum absolute atomic E-state index is 0.0594. The first kappa shape index (κ1) is 21.6. The number of aryl methyl sites for hydroxylation is 1. The van der Waals surface area contributed by atoms with Gasteiger partial charge in [0.25, 0.3) is 5.91 Å². The number of carbonyl (C=O) groups excluding carboxylic acids is 1. The fourth-order valence-electron chi connectivity index (χ4n) is 5.93. The van der Waals surface area contributed by atoms with Crippen molar-refractivity contribution in [2.75, 3.05) is 19.6 Å². The van der Waals surface area contributed by atoms with Gasteiger partial charge in [0.05, 0.1) is 17.0 Å². The molecule has 3 N–H and O–H groups in total. The molecule has 2 bridgehead atoms. The zero-order valence-corrected chi connectivity index (χ0v) is 18.3. The quantitative estimate of drug-likeness (QED) is 0.482. The summed E-state index contributed by atoms with van der Waals surface area (Å²) in [5.74, 6) is 1.95. The van der Waals surface area contributed by atoms with Gasteiger partial charge in [-0.3, -0.25) is 9.59 Å². The van der Waals surface area contributed by atoms with E-state index in [2.05, 4.69) is 10.6 Å². The lowest BCUT2D eigenvalue weighted by Gasteiger charge is -2.45. The number of fused-ring (bicyclic) bond motifs is 4. The van der Waals surface area contributed by atoms with Crippen molar-refractivity contribution in [3.8, 4) is 0 Å². The van der Waals surface area contributed by atoms with E-state index >= 15 is 0 Å². The molecule has 0 saturated heterocycles. The Hall–Kier alpha value is -1.59. The molecule has 0 heterocycles. The topological polar surface area (TPSA) is 78.4 Å². The third kappa shape index (κ3) is 5.17. The molecule has 30 heavy (non-hydrogen) atoms. The van der Waals surface area contributed by atoms with Crippen LogP contribution >= 0.6 is 11.6 Å². The smallest absolute Gasteiger partial charge is 0.304 e. The normalized spacial score (nSPS) is 29.2. The van der Waals surface area contributed by atoms with Crippen molar-refractivity contribution in [2.45, 2.75) is 57.8 Å². The lowest BCUT2D eigenvalue weighted by Crippen LogP contribution is -2.43. The summed E-state index contributed by atoms with van der Waals surface area (Å²) in [4.78, 5) is 23.5. The molecule has 5 nitrogen and oxygen atoms in total. The number of halogens is 1. The van der Waals surface area contributed by atoms with E-state index in [0.29, 0.717) is 22.5 Å². The highest BCUT2D eigenvalue weighted by Crippen LogP contribution is 2.63. The standard InChI is InChI=1S/C24H33ClN2O3/c25-21-6-5-16(3-2-9-26-10-7-22(28)29)11-20(21)23(30)27-15-24-8-1-4-17(13-24)19-12-18(19)14-24/h5-6,11,17-19,26H,1-4,7-10,12-15H2,(H,27,30)(H,28,29). The van der Waals surface area contributed by atoms with Crippen LogP contribution in [0.4, 0.5) is 0 Å². The average Bonchev–Trinajstić information content (AvgIpc) is 3.49. The Kier molecular flexibility index (Phi) is 6.69. The van der Waals surface area contributed by atoms with E-state index in [9.17, 15) is 9.59 Å². The Labute approximate surface area is 184 Å². The SMILES string of the molecule is O=C(O)CCNCCCc1ccc(Cl)c(C(=O)NCC23CCCC(C2)C2CC2C3)c1. The molecular formula is C24H33ClN2O3. The van der Waals surface area contributed by atoms with Crippen LogP contribution < -0.4 is 10.6 Å². The number of hydrogen-bond donors (Lipinski definition) is 3. The van der Waals surface area contributed by atoms with Crippen molar-refractivity contribution in [2.24, 2.45) is 23.2 Å². The van der Waals surface area contributed by atoms with Crippen molar-refractivity contribution < 1.29 is 14.7 Å². The first-order valence-corrected chi connectivity index (χ1v) is 11.8. The predicted octanol–water partition coefficient (Wildman–Crippen LogP) is 4.28. The van der Waals surface area contributed by atoms with Gasteiger partial charge in [-0.2, -0.15) is 0 Å². The first-order valence-electron chi connectivity index (χ1n) is 11.4. The molecule has 4 rings (SSSR count). The summed E-state index contributed by atoms with van der Waals surface area (Å²) >= 11 is 6.35. The van der Waals surface area contributed by atoms with Gasteiger partial charge in [-0.15, -0.1) is 0 Å². The van der Waals surface area contributed by atoms with Crippen LogP contribution in [-0.4, -0.2) is 36.6 Å². The van der Waals surface area contributed by atoms with Gasteiger partial charge in [0.2, 0.25) is 0 Å². The van der Waals surface area contributed by atoms with E-state index in [4.69, 9.17) is 16.7 Å². The summed E-state index contributed by atoms with van der Waals surface area (Å²) in [5.41, 5.74) is 1.96. The van der Waals surface area contributed by atoms with Crippen LogP contribution in [0.25, 0.3) is 0 Å². The van der Waals surface area contributed by atoms with Gasteiger partial charge < -0.3 is 15.7 Å². The second-order valence-corrected chi connectivity index (χ2v) is 10.1. The molecule has 1 aromatic carbocycles. The van der Waals surface area contributed by atoms with Crippen molar-refractivity contribution >= 4 is 23.5 Å². The van der Waals surface area contributed by atoms with Crippen LogP contribution in [0.15, 0.2) is 18.2 Å². The second kappa shape index (κ2) is 9.27. The number of carbonyl (C=O) groups is 2. The minimum Gasteiger partial charge on any atom is -0.481 e. The van der Waals surface area contributed by atoms with Gasteiger partial charge >= 0.3 is 5.97 Å². The predicted molar refractivity (Wildman–Crippen MR) is 118 cm³/mol. The number of benzene rings is 1. The van der Waals surface area contributed by atoms with Crippen LogP contribution in [0.3, 0.4) is 0 Å². The summed E-state index contributed by atoms with van der Waals surface area (Å²) in [5, 5.41) is 15.5. The molecule has 1 amide bonds. The maximum Gasteiger partial charge on any atom is 0.304 e. The first-order chi connectivity index (χ1) is 14.5. The molecule has 4 unspecified atom stereocenters. The second-order valence-electron chi connectivity index (χ2n) is 9.71. The molecule has 6 heteroatoms. The Balaban J connectivity index is 1.28. The molecule has 3 aliphatic rings. The Morgan fingerprint density at radius 2 is 2.03 bits per heavy atom. The van der Waals surface area contributed by atoms with Crippen LogP contribution in [0.1, 0.15) is 67.3 Å². The highest BCUT2D eigenvalue weighted by molar-refractivity contribution is 6.33. The van der Waals surface area contributed by atoms with E-state index in [1.54, 1.807) is 0 Å². The molecule has 0 radical (unpaired) electrons. The number of hydrogen-bond acceptors (Lipinski definition) is 3. The molecule has 4 atom stereocenters. The minimum atomic E-state index is -0.788. The summed E-state index contributed by atoms with van der Waals surface area (Å²) in [6.45, 7) is 2.01. The third-order valence-corrected chi connectivity index (χ3v) is 7.82. The Morgan fingerprint density at radius 1 is 1.20 bits per heavy atom. The highest BCUT2D eigenvalue weighted by atomic mass is 35.5. The lowest BCUT2D eigenvalue weighted by atomic mass is 9.62. The molecule has 3 fully saturated rings. The Bertz CT molecular complexity index is 799. The maximum atomic E-state index is 12.9. The van der Waals surface area contributed by atoms with Gasteiger partial charge in [0, 0.05) is 13.1 Å². The van der Waals surface area contributed by atoms with Gasteiger partial charge in [-0.05, 0) is 85.9 Å². The number of nitrogens with one attached hydrogen (secondary N) is 2.